The average Bonchev–Trinajstić information content (AvgIpc) is 2.60. The molecule has 1 aliphatic rings. The average molecular weight is 272 g/mol. The molecule has 16 heavy (non-hydrogen) atoms. The van der Waals surface area contributed by atoms with E-state index < -0.39 is 15.9 Å². The third kappa shape index (κ3) is 3.90. The number of hydrogen-bond donors (Lipinski definition) is 0. The summed E-state index contributed by atoms with van der Waals surface area (Å²) in [5, 5.41) is 3.60. The van der Waals surface area contributed by atoms with E-state index in [-0.39, 0.29) is 42.1 Å². The van der Waals surface area contributed by atoms with Gasteiger partial charge in [0.05, 0.1) is 10.1 Å². The molecule has 0 radical (unpaired) electrons. The first-order valence-electron chi connectivity index (χ1n) is 4.34. The largest absolute Gasteiger partial charge is 1.00 e. The molecule has 0 fully saturated rings. The molecule has 1 aliphatic heterocycles. The van der Waals surface area contributed by atoms with Crippen LogP contribution >= 0.6 is 11.3 Å². The summed E-state index contributed by atoms with van der Waals surface area (Å²) in [7, 11) is -4.17. The molecule has 0 aliphatic carbocycles. The van der Waals surface area contributed by atoms with Crippen molar-refractivity contribution in [2.75, 3.05) is 12.4 Å². The van der Waals surface area contributed by atoms with Gasteiger partial charge in [0.2, 0.25) is 0 Å². The molecule has 0 N–H and O–H groups in total. The van der Waals surface area contributed by atoms with Crippen molar-refractivity contribution in [2.24, 2.45) is 0 Å². The first-order chi connectivity index (χ1) is 7.04. The predicted octanol–water partition coefficient (Wildman–Crippen LogP) is -2.17. The second-order valence-electron chi connectivity index (χ2n) is 3.20. The zero-order valence-electron chi connectivity index (χ0n) is 8.71. The number of rotatable bonds is 3. The van der Waals surface area contributed by atoms with Crippen molar-refractivity contribution in [3.05, 3.63) is 10.8 Å². The fourth-order valence-electron chi connectivity index (χ4n) is 1.28. The van der Waals surface area contributed by atoms with Gasteiger partial charge in [0.1, 0.15) is 12.7 Å². The van der Waals surface area contributed by atoms with Crippen LogP contribution in [-0.2, 0) is 10.1 Å². The second-order valence-corrected chi connectivity index (χ2v) is 5.47. The van der Waals surface area contributed by atoms with Gasteiger partial charge < -0.3 is 14.0 Å². The van der Waals surface area contributed by atoms with Crippen molar-refractivity contribution in [2.45, 2.75) is 12.5 Å². The molecule has 0 saturated heterocycles. The van der Waals surface area contributed by atoms with Gasteiger partial charge in [-0.1, -0.05) is 0 Å². The van der Waals surface area contributed by atoms with Gasteiger partial charge >= 0.3 is 29.6 Å². The van der Waals surface area contributed by atoms with Crippen LogP contribution in [0, 0.1) is 0 Å². The number of hydrogen-bond acceptors (Lipinski definition) is 6. The van der Waals surface area contributed by atoms with E-state index >= 15 is 0 Å². The summed E-state index contributed by atoms with van der Waals surface area (Å²) in [4.78, 5) is 0. The molecule has 84 valence electrons. The molecule has 1 atom stereocenters. The molecular formula is C8H9NaO5S2. The fraction of sp³-hybridized carbons (Fsp3) is 0.500. The second kappa shape index (κ2) is 5.70. The maximum Gasteiger partial charge on any atom is 1.00 e. The van der Waals surface area contributed by atoms with Crippen molar-refractivity contribution >= 4 is 21.5 Å². The first-order valence-corrected chi connectivity index (χ1v) is 6.86. The van der Waals surface area contributed by atoms with E-state index in [4.69, 9.17) is 9.47 Å². The Morgan fingerprint density at radius 1 is 1.44 bits per heavy atom. The van der Waals surface area contributed by atoms with Crippen LogP contribution in [0.2, 0.25) is 0 Å². The SMILES string of the molecule is O=S(=O)([O-])CCC1COc2cscc2O1.[Na+]. The molecule has 0 aromatic carbocycles. The molecule has 2 heterocycles. The summed E-state index contributed by atoms with van der Waals surface area (Å²) in [6, 6.07) is 0. The Morgan fingerprint density at radius 3 is 2.81 bits per heavy atom. The van der Waals surface area contributed by atoms with Gasteiger partial charge in [-0.2, -0.15) is 0 Å². The molecule has 8 heteroatoms. The van der Waals surface area contributed by atoms with E-state index in [1.54, 1.807) is 5.38 Å². The van der Waals surface area contributed by atoms with E-state index in [9.17, 15) is 13.0 Å². The normalized spacial score (nSPS) is 18.9. The zero-order chi connectivity index (χ0) is 10.9. The van der Waals surface area contributed by atoms with E-state index in [2.05, 4.69) is 0 Å². The maximum atomic E-state index is 10.4. The van der Waals surface area contributed by atoms with E-state index in [0.717, 1.165) is 0 Å². The molecule has 1 aromatic rings. The summed E-state index contributed by atoms with van der Waals surface area (Å²) in [6.07, 6.45) is -0.183. The summed E-state index contributed by atoms with van der Waals surface area (Å²) in [6.45, 7) is 0.291. The van der Waals surface area contributed by atoms with Crippen LogP contribution in [0.4, 0.5) is 0 Å². The molecule has 5 nitrogen and oxygen atoms in total. The Morgan fingerprint density at radius 2 is 2.12 bits per heavy atom. The monoisotopic (exact) mass is 272 g/mol. The van der Waals surface area contributed by atoms with Crippen molar-refractivity contribution in [1.82, 2.24) is 0 Å². The molecule has 0 saturated carbocycles. The van der Waals surface area contributed by atoms with Gasteiger partial charge in [0, 0.05) is 22.9 Å². The molecule has 1 aromatic heterocycles. The molecule has 0 amide bonds. The van der Waals surface area contributed by atoms with E-state index in [1.165, 1.54) is 11.3 Å². The quantitative estimate of drug-likeness (QED) is 0.462. The van der Waals surface area contributed by atoms with Gasteiger partial charge in [-0.3, -0.25) is 0 Å². The fourth-order valence-corrected chi connectivity index (χ4v) is 2.50. The van der Waals surface area contributed by atoms with Crippen molar-refractivity contribution in [3.8, 4) is 11.5 Å². The molecule has 0 spiro atoms. The Labute approximate surface area is 120 Å². The minimum absolute atomic E-state index is 0. The molecule has 0 bridgehead atoms. The number of ether oxygens (including phenoxy) is 2. The summed E-state index contributed by atoms with van der Waals surface area (Å²) in [5.74, 6) is 0.890. The zero-order valence-corrected chi connectivity index (χ0v) is 12.3. The maximum absolute atomic E-state index is 10.4. The molecule has 2 rings (SSSR count). The number of thiophene rings is 1. The Kier molecular flexibility index (Phi) is 5.09. The standard InChI is InChI=1S/C8H10O5S2.Na/c9-15(10,11)2-1-6-3-12-7-4-14-5-8(7)13-6;/h4-6H,1-3H2,(H,9,10,11);/q;+1/p-1. The Hall–Kier alpha value is 0.210. The Balaban J connectivity index is 0.00000128. The van der Waals surface area contributed by atoms with Gasteiger partial charge in [-0.15, -0.1) is 11.3 Å². The van der Waals surface area contributed by atoms with Crippen molar-refractivity contribution in [3.63, 3.8) is 0 Å². The van der Waals surface area contributed by atoms with Crippen LogP contribution in [-0.4, -0.2) is 31.4 Å². The van der Waals surface area contributed by atoms with Gasteiger partial charge in [-0.05, 0) is 0 Å². The van der Waals surface area contributed by atoms with Crippen LogP contribution in [0.5, 0.6) is 11.5 Å². The predicted molar refractivity (Wildman–Crippen MR) is 53.4 cm³/mol. The van der Waals surface area contributed by atoms with Crippen LogP contribution in [0.3, 0.4) is 0 Å². The van der Waals surface area contributed by atoms with Crippen molar-refractivity contribution in [1.29, 1.82) is 0 Å². The first kappa shape index (κ1) is 14.3. The molecular weight excluding hydrogens is 263 g/mol. The summed E-state index contributed by atoms with van der Waals surface area (Å²) >= 11 is 1.45. The molecule has 1 unspecified atom stereocenters. The minimum atomic E-state index is -4.17. The van der Waals surface area contributed by atoms with Crippen LogP contribution in [0.25, 0.3) is 0 Å². The number of fused-ring (bicyclic) bond motifs is 1. The van der Waals surface area contributed by atoms with Gasteiger partial charge in [0.25, 0.3) is 0 Å². The summed E-state index contributed by atoms with van der Waals surface area (Å²) in [5.41, 5.74) is 0. The summed E-state index contributed by atoms with van der Waals surface area (Å²) < 4.78 is 42.0. The topological polar surface area (TPSA) is 75.7 Å². The van der Waals surface area contributed by atoms with Gasteiger partial charge in [0.15, 0.2) is 11.5 Å². The third-order valence-electron chi connectivity index (χ3n) is 2.00. The third-order valence-corrected chi connectivity index (χ3v) is 3.44. The van der Waals surface area contributed by atoms with Crippen molar-refractivity contribution < 1.29 is 52.0 Å². The smallest absolute Gasteiger partial charge is 0.748 e. The Bertz CT molecular complexity index is 441. The van der Waals surface area contributed by atoms with Crippen LogP contribution in [0.15, 0.2) is 10.8 Å². The van der Waals surface area contributed by atoms with Gasteiger partial charge in [-0.25, -0.2) is 8.42 Å². The van der Waals surface area contributed by atoms with Crippen LogP contribution < -0.4 is 39.0 Å². The van der Waals surface area contributed by atoms with Crippen LogP contribution in [0.1, 0.15) is 6.42 Å². The van der Waals surface area contributed by atoms with E-state index in [0.29, 0.717) is 18.1 Å². The van der Waals surface area contributed by atoms with E-state index in [1.807, 2.05) is 5.38 Å². The minimum Gasteiger partial charge on any atom is -0.748 e.